The summed E-state index contributed by atoms with van der Waals surface area (Å²) < 4.78 is 0. The second kappa shape index (κ2) is 7.24. The van der Waals surface area contributed by atoms with Gasteiger partial charge >= 0.3 is 0 Å². The van der Waals surface area contributed by atoms with Crippen LogP contribution < -0.4 is 5.73 Å². The maximum atomic E-state index is 6.39. The molecule has 0 aromatic rings. The van der Waals surface area contributed by atoms with Crippen LogP contribution >= 0.6 is 0 Å². The molecule has 0 aliphatic rings. The van der Waals surface area contributed by atoms with Crippen molar-refractivity contribution in [3.63, 3.8) is 0 Å². The molecular weight excluding hydrogens is 184 g/mol. The van der Waals surface area contributed by atoms with Gasteiger partial charge in [0.2, 0.25) is 0 Å². The molecule has 2 nitrogen and oxygen atoms in total. The van der Waals surface area contributed by atoms with Crippen LogP contribution in [0.2, 0.25) is 0 Å². The maximum Gasteiger partial charge on any atom is 0.0354 e. The zero-order valence-corrected chi connectivity index (χ0v) is 11.3. The highest BCUT2D eigenvalue weighted by Gasteiger charge is 2.36. The van der Waals surface area contributed by atoms with Crippen LogP contribution in [0.5, 0.6) is 0 Å². The summed E-state index contributed by atoms with van der Waals surface area (Å²) in [5, 5.41) is 0. The van der Waals surface area contributed by atoms with Crippen LogP contribution in [0.3, 0.4) is 0 Å². The minimum absolute atomic E-state index is 0.222. The third-order valence-electron chi connectivity index (χ3n) is 3.91. The van der Waals surface area contributed by atoms with Gasteiger partial charge in [-0.25, -0.2) is 0 Å². The molecule has 1 unspecified atom stereocenters. The van der Waals surface area contributed by atoms with Crippen molar-refractivity contribution in [3.8, 4) is 0 Å². The molecule has 1 atom stereocenters. The molecule has 0 saturated carbocycles. The molecule has 0 saturated heterocycles. The van der Waals surface area contributed by atoms with Crippen LogP contribution in [0.1, 0.15) is 60.3 Å². The number of likely N-dealkylation sites (N-methyl/N-ethyl adjacent to an activating group) is 1. The van der Waals surface area contributed by atoms with Crippen LogP contribution in [0.4, 0.5) is 0 Å². The highest BCUT2D eigenvalue weighted by atomic mass is 15.2. The maximum absolute atomic E-state index is 6.39. The minimum atomic E-state index is 0.222. The largest absolute Gasteiger partial charge is 0.326 e. The quantitative estimate of drug-likeness (QED) is 0.673. The van der Waals surface area contributed by atoms with Crippen LogP contribution in [0.25, 0.3) is 0 Å². The zero-order chi connectivity index (χ0) is 11.9. The number of hydrogen-bond donors (Lipinski definition) is 1. The molecule has 2 heteroatoms. The van der Waals surface area contributed by atoms with Crippen LogP contribution in [-0.2, 0) is 0 Å². The van der Waals surface area contributed by atoms with Gasteiger partial charge in [0.05, 0.1) is 0 Å². The van der Waals surface area contributed by atoms with E-state index in [0.717, 1.165) is 32.4 Å². The van der Waals surface area contributed by atoms with Crippen molar-refractivity contribution in [2.75, 3.05) is 13.1 Å². The number of nitrogens with zero attached hydrogens (tertiary/aromatic N) is 1. The van der Waals surface area contributed by atoms with E-state index in [0.29, 0.717) is 6.04 Å². The van der Waals surface area contributed by atoms with E-state index in [2.05, 4.69) is 39.5 Å². The zero-order valence-electron chi connectivity index (χ0n) is 11.3. The van der Waals surface area contributed by atoms with Crippen molar-refractivity contribution in [2.24, 2.45) is 5.73 Å². The summed E-state index contributed by atoms with van der Waals surface area (Å²) in [6.07, 6.45) is 4.64. The van der Waals surface area contributed by atoms with Crippen molar-refractivity contribution in [1.29, 1.82) is 0 Å². The van der Waals surface area contributed by atoms with E-state index in [-0.39, 0.29) is 5.54 Å². The van der Waals surface area contributed by atoms with E-state index in [4.69, 9.17) is 5.73 Å². The highest BCUT2D eigenvalue weighted by molar-refractivity contribution is 4.96. The molecule has 0 aromatic carbocycles. The van der Waals surface area contributed by atoms with Gasteiger partial charge in [-0.1, -0.05) is 41.0 Å². The van der Waals surface area contributed by atoms with Crippen molar-refractivity contribution in [2.45, 2.75) is 71.9 Å². The van der Waals surface area contributed by atoms with Gasteiger partial charge < -0.3 is 5.73 Å². The fourth-order valence-electron chi connectivity index (χ4n) is 2.89. The van der Waals surface area contributed by atoms with Gasteiger partial charge in [0.15, 0.2) is 0 Å². The van der Waals surface area contributed by atoms with E-state index in [1.54, 1.807) is 0 Å². The van der Waals surface area contributed by atoms with Crippen LogP contribution in [0, 0.1) is 0 Å². The number of hydrogen-bond acceptors (Lipinski definition) is 2. The fraction of sp³-hybridized carbons (Fsp3) is 1.00. The molecule has 0 amide bonds. The number of rotatable bonds is 8. The Morgan fingerprint density at radius 3 is 1.73 bits per heavy atom. The molecule has 0 aliphatic heterocycles. The Bertz CT molecular complexity index is 149. The monoisotopic (exact) mass is 214 g/mol. The summed E-state index contributed by atoms with van der Waals surface area (Å²) in [5.41, 5.74) is 6.62. The number of nitrogens with two attached hydrogens (primary N) is 1. The topological polar surface area (TPSA) is 29.3 Å². The normalized spacial score (nSPS) is 14.6. The fourth-order valence-corrected chi connectivity index (χ4v) is 2.89. The van der Waals surface area contributed by atoms with Crippen molar-refractivity contribution in [1.82, 2.24) is 4.90 Å². The van der Waals surface area contributed by atoms with Gasteiger partial charge in [-0.15, -0.1) is 0 Å². The minimum Gasteiger partial charge on any atom is -0.326 e. The summed E-state index contributed by atoms with van der Waals surface area (Å²) in [6, 6.07) is 0.317. The molecule has 0 fully saturated rings. The summed E-state index contributed by atoms with van der Waals surface area (Å²) in [4.78, 5) is 2.55. The predicted molar refractivity (Wildman–Crippen MR) is 69.1 cm³/mol. The third-order valence-corrected chi connectivity index (χ3v) is 3.91. The molecule has 0 radical (unpaired) electrons. The van der Waals surface area contributed by atoms with Gasteiger partial charge in [0.1, 0.15) is 0 Å². The first-order valence-electron chi connectivity index (χ1n) is 6.63. The third kappa shape index (κ3) is 3.18. The second-order valence-electron chi connectivity index (χ2n) is 4.38. The van der Waals surface area contributed by atoms with Gasteiger partial charge in [-0.3, -0.25) is 4.90 Å². The van der Waals surface area contributed by atoms with E-state index in [1.807, 2.05) is 0 Å². The van der Waals surface area contributed by atoms with Crippen molar-refractivity contribution < 1.29 is 0 Å². The average molecular weight is 214 g/mol. The van der Waals surface area contributed by atoms with Gasteiger partial charge in [0, 0.05) is 11.6 Å². The summed E-state index contributed by atoms with van der Waals surface area (Å²) in [5.74, 6) is 0. The smallest absolute Gasteiger partial charge is 0.0354 e. The SMILES string of the molecule is CCCC(N)C(CC)(CC)N(CC)CC. The highest BCUT2D eigenvalue weighted by Crippen LogP contribution is 2.28. The van der Waals surface area contributed by atoms with Gasteiger partial charge in [-0.2, -0.15) is 0 Å². The predicted octanol–water partition coefficient (Wildman–Crippen LogP) is 3.01. The molecular formula is C13H30N2. The second-order valence-corrected chi connectivity index (χ2v) is 4.38. The van der Waals surface area contributed by atoms with E-state index < -0.39 is 0 Å². The molecule has 2 N–H and O–H groups in total. The lowest BCUT2D eigenvalue weighted by atomic mass is 9.81. The Balaban J connectivity index is 4.83. The molecule has 92 valence electrons. The first-order valence-corrected chi connectivity index (χ1v) is 6.63. The Kier molecular flexibility index (Phi) is 7.20. The van der Waals surface area contributed by atoms with Crippen LogP contribution in [0.15, 0.2) is 0 Å². The molecule has 0 heterocycles. The van der Waals surface area contributed by atoms with Gasteiger partial charge in [0.25, 0.3) is 0 Å². The molecule has 15 heavy (non-hydrogen) atoms. The first-order chi connectivity index (χ1) is 7.12. The average Bonchev–Trinajstić information content (AvgIpc) is 2.26. The first kappa shape index (κ1) is 14.9. The molecule has 0 spiro atoms. The van der Waals surface area contributed by atoms with E-state index in [1.165, 1.54) is 6.42 Å². The molecule has 0 bridgehead atoms. The Morgan fingerprint density at radius 1 is 1.00 bits per heavy atom. The van der Waals surface area contributed by atoms with Crippen molar-refractivity contribution in [3.05, 3.63) is 0 Å². The summed E-state index contributed by atoms with van der Waals surface area (Å²) >= 11 is 0. The Hall–Kier alpha value is -0.0800. The van der Waals surface area contributed by atoms with Gasteiger partial charge in [-0.05, 0) is 32.4 Å². The molecule has 0 rings (SSSR count). The van der Waals surface area contributed by atoms with Crippen molar-refractivity contribution >= 4 is 0 Å². The van der Waals surface area contributed by atoms with E-state index >= 15 is 0 Å². The lowest BCUT2D eigenvalue weighted by Crippen LogP contribution is -2.59. The summed E-state index contributed by atoms with van der Waals surface area (Å²) in [6.45, 7) is 13.5. The standard InChI is InChI=1S/C13H30N2/c1-6-11-12(14)13(7-2,8-3)15(9-4)10-5/h12H,6-11,14H2,1-5H3. The molecule has 0 aliphatic carbocycles. The lowest BCUT2D eigenvalue weighted by Gasteiger charge is -2.46. The Labute approximate surface area is 96.2 Å². The van der Waals surface area contributed by atoms with Crippen LogP contribution in [-0.4, -0.2) is 29.6 Å². The van der Waals surface area contributed by atoms with E-state index in [9.17, 15) is 0 Å². The summed E-state index contributed by atoms with van der Waals surface area (Å²) in [7, 11) is 0. The lowest BCUT2D eigenvalue weighted by molar-refractivity contribution is 0.0597. The Morgan fingerprint density at radius 2 is 1.47 bits per heavy atom. The molecule has 0 aromatic heterocycles.